The van der Waals surface area contributed by atoms with Crippen molar-refractivity contribution in [1.29, 1.82) is 0 Å². The number of amides is 1. The van der Waals surface area contributed by atoms with Crippen molar-refractivity contribution < 1.29 is 4.79 Å². The molecule has 6 heteroatoms. The number of thiazole rings is 1. The Labute approximate surface area is 173 Å². The highest BCUT2D eigenvalue weighted by Crippen LogP contribution is 2.30. The molecule has 0 bridgehead atoms. The first-order chi connectivity index (χ1) is 14.2. The molecule has 1 amide bonds. The lowest BCUT2D eigenvalue weighted by molar-refractivity contribution is -0.115. The van der Waals surface area contributed by atoms with Crippen molar-refractivity contribution in [3.8, 4) is 10.7 Å². The van der Waals surface area contributed by atoms with Gasteiger partial charge in [0.1, 0.15) is 5.01 Å². The summed E-state index contributed by atoms with van der Waals surface area (Å²) in [7, 11) is 1.99. The molecule has 0 aliphatic heterocycles. The average molecular weight is 401 g/mol. The number of rotatable bonds is 6. The normalized spacial score (nSPS) is 10.5. The van der Waals surface area contributed by atoms with Gasteiger partial charge in [-0.1, -0.05) is 36.4 Å². The van der Waals surface area contributed by atoms with E-state index in [1.165, 1.54) is 11.3 Å². The molecule has 5 nitrogen and oxygen atoms in total. The summed E-state index contributed by atoms with van der Waals surface area (Å²) in [5, 5.41) is 5.75. The molecule has 2 aromatic heterocycles. The van der Waals surface area contributed by atoms with Gasteiger partial charge >= 0.3 is 0 Å². The second-order valence-electron chi connectivity index (χ2n) is 6.50. The molecule has 4 rings (SSSR count). The highest BCUT2D eigenvalue weighted by molar-refractivity contribution is 7.13. The summed E-state index contributed by atoms with van der Waals surface area (Å²) in [6, 6.07) is 23.5. The van der Waals surface area contributed by atoms with E-state index >= 15 is 0 Å². The molecule has 0 fully saturated rings. The molecule has 0 spiro atoms. The van der Waals surface area contributed by atoms with E-state index < -0.39 is 0 Å². The number of hydrogen-bond acceptors (Lipinski definition) is 5. The first kappa shape index (κ1) is 18.8. The lowest BCUT2D eigenvalue weighted by Gasteiger charge is -2.22. The van der Waals surface area contributed by atoms with Gasteiger partial charge in [-0.25, -0.2) is 4.98 Å². The fraction of sp³-hybridized carbons (Fsp3) is 0.0870. The van der Waals surface area contributed by atoms with Gasteiger partial charge in [0.25, 0.3) is 0 Å². The van der Waals surface area contributed by atoms with Crippen molar-refractivity contribution in [1.82, 2.24) is 9.97 Å². The van der Waals surface area contributed by atoms with Crippen LogP contribution in [0.2, 0.25) is 0 Å². The van der Waals surface area contributed by atoms with Gasteiger partial charge < -0.3 is 10.2 Å². The van der Waals surface area contributed by atoms with Crippen LogP contribution in [0.4, 0.5) is 17.1 Å². The third kappa shape index (κ3) is 4.50. The number of carbonyl (C=O) groups excluding carboxylic acids is 1. The minimum absolute atomic E-state index is 0.100. The van der Waals surface area contributed by atoms with Crippen LogP contribution in [0, 0.1) is 0 Å². The minimum Gasteiger partial charge on any atom is -0.343 e. The number of carbonyl (C=O) groups is 1. The Morgan fingerprint density at radius 1 is 1.00 bits per heavy atom. The Morgan fingerprint density at radius 3 is 2.55 bits per heavy atom. The molecule has 0 atom stereocenters. The summed E-state index contributed by atoms with van der Waals surface area (Å²) < 4.78 is 0. The van der Waals surface area contributed by atoms with Crippen molar-refractivity contribution in [2.45, 2.75) is 6.42 Å². The fourth-order valence-corrected chi connectivity index (χ4v) is 3.81. The Morgan fingerprint density at radius 2 is 1.76 bits per heavy atom. The van der Waals surface area contributed by atoms with Gasteiger partial charge in [-0.15, -0.1) is 11.3 Å². The topological polar surface area (TPSA) is 58.1 Å². The lowest BCUT2D eigenvalue weighted by atomic mass is 10.2. The van der Waals surface area contributed by atoms with E-state index in [0.29, 0.717) is 0 Å². The number of nitrogens with one attached hydrogen (secondary N) is 1. The SMILES string of the molecule is CN(c1ccccc1)c1ccccc1NC(=O)Cc1csc(-c2ccccn2)n1. The molecule has 0 saturated heterocycles. The highest BCUT2D eigenvalue weighted by Gasteiger charge is 2.13. The summed E-state index contributed by atoms with van der Waals surface area (Å²) in [6.45, 7) is 0. The summed E-state index contributed by atoms with van der Waals surface area (Å²) in [6.07, 6.45) is 1.95. The van der Waals surface area contributed by atoms with Crippen LogP contribution in [-0.2, 0) is 11.2 Å². The molecule has 0 aliphatic carbocycles. The van der Waals surface area contributed by atoms with E-state index in [1.54, 1.807) is 6.20 Å². The summed E-state index contributed by atoms with van der Waals surface area (Å²) >= 11 is 1.49. The van der Waals surface area contributed by atoms with Gasteiger partial charge in [-0.2, -0.15) is 0 Å². The van der Waals surface area contributed by atoms with Crippen LogP contribution in [0.5, 0.6) is 0 Å². The van der Waals surface area contributed by atoms with Crippen LogP contribution < -0.4 is 10.2 Å². The minimum atomic E-state index is -0.100. The zero-order valence-corrected chi connectivity index (χ0v) is 16.8. The largest absolute Gasteiger partial charge is 0.343 e. The van der Waals surface area contributed by atoms with E-state index in [1.807, 2.05) is 85.2 Å². The first-order valence-corrected chi connectivity index (χ1v) is 10.1. The monoisotopic (exact) mass is 400 g/mol. The molecule has 1 N–H and O–H groups in total. The third-order valence-corrected chi connectivity index (χ3v) is 5.37. The molecule has 144 valence electrons. The van der Waals surface area contributed by atoms with Gasteiger partial charge in [0.05, 0.1) is 29.2 Å². The molecule has 0 saturated carbocycles. The Balaban J connectivity index is 1.48. The maximum Gasteiger partial charge on any atom is 0.230 e. The maximum absolute atomic E-state index is 12.7. The van der Waals surface area contributed by atoms with E-state index in [0.717, 1.165) is 33.5 Å². The smallest absolute Gasteiger partial charge is 0.230 e. The number of hydrogen-bond donors (Lipinski definition) is 1. The van der Waals surface area contributed by atoms with Crippen LogP contribution in [0.25, 0.3) is 10.7 Å². The molecule has 0 aliphatic rings. The van der Waals surface area contributed by atoms with Gasteiger partial charge in [0.2, 0.25) is 5.91 Å². The van der Waals surface area contributed by atoms with E-state index in [-0.39, 0.29) is 12.3 Å². The predicted molar refractivity (Wildman–Crippen MR) is 119 cm³/mol. The van der Waals surface area contributed by atoms with Crippen LogP contribution in [0.1, 0.15) is 5.69 Å². The predicted octanol–water partition coefficient (Wildman–Crippen LogP) is 5.15. The number of nitrogens with zero attached hydrogens (tertiary/aromatic N) is 3. The number of aromatic nitrogens is 2. The average Bonchev–Trinajstić information content (AvgIpc) is 3.23. The fourth-order valence-electron chi connectivity index (χ4n) is 3.02. The van der Waals surface area contributed by atoms with Gasteiger partial charge in [0.15, 0.2) is 0 Å². The molecule has 2 heterocycles. The van der Waals surface area contributed by atoms with Gasteiger partial charge in [0, 0.05) is 24.3 Å². The quantitative estimate of drug-likeness (QED) is 0.486. The molecule has 0 radical (unpaired) electrons. The zero-order chi connectivity index (χ0) is 20.1. The van der Waals surface area contributed by atoms with Crippen molar-refractivity contribution in [2.75, 3.05) is 17.3 Å². The number of pyridine rings is 1. The van der Waals surface area contributed by atoms with Crippen LogP contribution in [0.15, 0.2) is 84.4 Å². The van der Waals surface area contributed by atoms with Crippen LogP contribution >= 0.6 is 11.3 Å². The number of anilines is 3. The molecular weight excluding hydrogens is 380 g/mol. The van der Waals surface area contributed by atoms with Crippen molar-refractivity contribution in [3.05, 3.63) is 90.1 Å². The number of benzene rings is 2. The summed E-state index contributed by atoms with van der Waals surface area (Å²) in [5.74, 6) is -0.100. The standard InChI is InChI=1S/C23H20N4OS/c1-27(18-9-3-2-4-10-18)21-13-6-5-11-19(21)26-22(28)15-17-16-29-23(25-17)20-12-7-8-14-24-20/h2-14,16H,15H2,1H3,(H,26,28). The van der Waals surface area contributed by atoms with Gasteiger partial charge in [-0.3, -0.25) is 9.78 Å². The van der Waals surface area contributed by atoms with E-state index in [9.17, 15) is 4.79 Å². The summed E-state index contributed by atoms with van der Waals surface area (Å²) in [5.41, 5.74) is 4.30. The molecule has 0 unspecified atom stereocenters. The Hall–Kier alpha value is -3.51. The van der Waals surface area contributed by atoms with E-state index in [2.05, 4.69) is 20.2 Å². The van der Waals surface area contributed by atoms with E-state index in [4.69, 9.17) is 0 Å². The molecule has 2 aromatic carbocycles. The van der Waals surface area contributed by atoms with Crippen molar-refractivity contribution in [2.24, 2.45) is 0 Å². The first-order valence-electron chi connectivity index (χ1n) is 9.24. The lowest BCUT2D eigenvalue weighted by Crippen LogP contribution is -2.18. The molecule has 29 heavy (non-hydrogen) atoms. The molecular formula is C23H20N4OS. The highest BCUT2D eigenvalue weighted by atomic mass is 32.1. The van der Waals surface area contributed by atoms with Crippen molar-refractivity contribution in [3.63, 3.8) is 0 Å². The maximum atomic E-state index is 12.7. The number of para-hydroxylation sites is 3. The Kier molecular flexibility index (Phi) is 5.63. The molecule has 4 aromatic rings. The summed E-state index contributed by atoms with van der Waals surface area (Å²) in [4.78, 5) is 23.6. The second-order valence-corrected chi connectivity index (χ2v) is 7.35. The van der Waals surface area contributed by atoms with Gasteiger partial charge in [-0.05, 0) is 36.4 Å². The van der Waals surface area contributed by atoms with Crippen LogP contribution in [-0.4, -0.2) is 22.9 Å². The second kappa shape index (κ2) is 8.67. The van der Waals surface area contributed by atoms with Crippen molar-refractivity contribution >= 4 is 34.3 Å². The zero-order valence-electron chi connectivity index (χ0n) is 15.9. The Bertz CT molecular complexity index is 1100. The third-order valence-electron chi connectivity index (χ3n) is 4.46. The van der Waals surface area contributed by atoms with Crippen LogP contribution in [0.3, 0.4) is 0 Å².